The predicted molar refractivity (Wildman–Crippen MR) is 130 cm³/mol. The zero-order chi connectivity index (χ0) is 24.3. The Morgan fingerprint density at radius 2 is 1.88 bits per heavy atom. The zero-order valence-electron chi connectivity index (χ0n) is 19.5. The van der Waals surface area contributed by atoms with Gasteiger partial charge in [0, 0.05) is 18.0 Å². The normalized spacial score (nSPS) is 18.7. The molecule has 0 radical (unpaired) electrons. The maximum absolute atomic E-state index is 13.2. The van der Waals surface area contributed by atoms with Crippen LogP contribution in [-0.4, -0.2) is 51.4 Å². The van der Waals surface area contributed by atoms with Crippen LogP contribution in [0.4, 0.5) is 5.00 Å². The van der Waals surface area contributed by atoms with E-state index in [4.69, 9.17) is 9.47 Å². The fourth-order valence-corrected chi connectivity index (χ4v) is 7.36. The quantitative estimate of drug-likeness (QED) is 0.573. The number of carbonyl (C=O) groups excluding carboxylic acids is 2. The van der Waals surface area contributed by atoms with E-state index in [1.807, 2.05) is 0 Å². The molecular weight excluding hydrogens is 476 g/mol. The Morgan fingerprint density at radius 1 is 1.15 bits per heavy atom. The number of amides is 1. The van der Waals surface area contributed by atoms with E-state index >= 15 is 0 Å². The van der Waals surface area contributed by atoms with Gasteiger partial charge in [-0.2, -0.15) is 4.31 Å². The Labute approximate surface area is 204 Å². The van der Waals surface area contributed by atoms with Crippen LogP contribution >= 0.6 is 11.3 Å². The molecular formula is C24H30N2O6S2. The van der Waals surface area contributed by atoms with Crippen LogP contribution in [0.15, 0.2) is 29.2 Å². The molecule has 1 saturated heterocycles. The second-order valence-electron chi connectivity index (χ2n) is 8.50. The van der Waals surface area contributed by atoms with Gasteiger partial charge in [0.15, 0.2) is 0 Å². The Balaban J connectivity index is 1.52. The number of piperidine rings is 1. The highest BCUT2D eigenvalue weighted by Gasteiger charge is 2.35. The Hall–Kier alpha value is -2.43. The van der Waals surface area contributed by atoms with Gasteiger partial charge in [-0.15, -0.1) is 11.3 Å². The van der Waals surface area contributed by atoms with Crippen molar-refractivity contribution in [2.75, 3.05) is 32.1 Å². The van der Waals surface area contributed by atoms with Crippen LogP contribution in [-0.2, 0) is 32.4 Å². The fourth-order valence-electron chi connectivity index (χ4n) is 4.56. The van der Waals surface area contributed by atoms with Crippen molar-refractivity contribution >= 4 is 38.2 Å². The van der Waals surface area contributed by atoms with Crippen molar-refractivity contribution in [3.05, 3.63) is 40.3 Å². The Bertz CT molecular complexity index is 1160. The number of nitrogens with one attached hydrogen (secondary N) is 1. The molecule has 34 heavy (non-hydrogen) atoms. The van der Waals surface area contributed by atoms with E-state index in [2.05, 4.69) is 5.32 Å². The largest absolute Gasteiger partial charge is 0.497 e. The first-order valence-corrected chi connectivity index (χ1v) is 13.9. The number of methoxy groups -OCH3 is 1. The Morgan fingerprint density at radius 3 is 2.59 bits per heavy atom. The maximum atomic E-state index is 13.2. The average Bonchev–Trinajstić information content (AvgIpc) is 3.22. The summed E-state index contributed by atoms with van der Waals surface area (Å²) >= 11 is 1.44. The van der Waals surface area contributed by atoms with Gasteiger partial charge in [0.25, 0.3) is 0 Å². The summed E-state index contributed by atoms with van der Waals surface area (Å²) in [5.41, 5.74) is 1.45. The molecule has 4 rings (SSSR count). The number of carbonyl (C=O) groups is 2. The highest BCUT2D eigenvalue weighted by Crippen LogP contribution is 2.39. The molecule has 1 atom stereocenters. The summed E-state index contributed by atoms with van der Waals surface area (Å²) in [4.78, 5) is 27.2. The first-order chi connectivity index (χ1) is 16.3. The minimum absolute atomic E-state index is 0.0972. The highest BCUT2D eigenvalue weighted by atomic mass is 32.2. The number of anilines is 1. The molecule has 8 nitrogen and oxygen atoms in total. The summed E-state index contributed by atoms with van der Waals surface area (Å²) in [6, 6.07) is 6.24. The van der Waals surface area contributed by atoms with E-state index in [1.165, 1.54) is 34.9 Å². The molecule has 2 heterocycles. The van der Waals surface area contributed by atoms with E-state index in [1.54, 1.807) is 19.1 Å². The molecule has 184 valence electrons. The smallest absolute Gasteiger partial charge is 0.341 e. The van der Waals surface area contributed by atoms with Crippen molar-refractivity contribution < 1.29 is 27.5 Å². The molecule has 1 aliphatic heterocycles. The summed E-state index contributed by atoms with van der Waals surface area (Å²) in [6.45, 7) is 2.48. The van der Waals surface area contributed by atoms with Crippen molar-refractivity contribution in [1.29, 1.82) is 0 Å². The van der Waals surface area contributed by atoms with Crippen molar-refractivity contribution in [2.45, 2.75) is 50.3 Å². The average molecular weight is 507 g/mol. The molecule has 10 heteroatoms. The summed E-state index contributed by atoms with van der Waals surface area (Å²) in [7, 11) is -2.21. The number of hydrogen-bond donors (Lipinski definition) is 1. The lowest BCUT2D eigenvalue weighted by Crippen LogP contribution is -2.43. The minimum atomic E-state index is -3.73. The third kappa shape index (κ3) is 4.99. The maximum Gasteiger partial charge on any atom is 0.341 e. The van der Waals surface area contributed by atoms with Gasteiger partial charge in [0.05, 0.1) is 30.1 Å². The molecule has 1 aliphatic carbocycles. The van der Waals surface area contributed by atoms with Crippen LogP contribution in [0.5, 0.6) is 5.75 Å². The molecule has 2 aromatic rings. The number of rotatable bonds is 7. The summed E-state index contributed by atoms with van der Waals surface area (Å²) in [5.74, 6) is -0.606. The molecule has 0 unspecified atom stereocenters. The van der Waals surface area contributed by atoms with Gasteiger partial charge >= 0.3 is 5.97 Å². The summed E-state index contributed by atoms with van der Waals surface area (Å²) in [6.07, 6.45) is 4.92. The van der Waals surface area contributed by atoms with E-state index in [9.17, 15) is 18.0 Å². The van der Waals surface area contributed by atoms with Crippen molar-refractivity contribution in [3.63, 3.8) is 0 Å². The molecule has 1 amide bonds. The molecule has 1 fully saturated rings. The second kappa shape index (κ2) is 10.5. The number of aryl methyl sites for hydroxylation is 1. The van der Waals surface area contributed by atoms with Crippen LogP contribution in [0.3, 0.4) is 0 Å². The lowest BCUT2D eigenvalue weighted by Gasteiger charge is -2.31. The number of nitrogens with zero attached hydrogens (tertiary/aromatic N) is 1. The zero-order valence-corrected chi connectivity index (χ0v) is 21.1. The first-order valence-electron chi connectivity index (χ1n) is 11.6. The predicted octanol–water partition coefficient (Wildman–Crippen LogP) is 3.85. The number of ether oxygens (including phenoxy) is 2. The minimum Gasteiger partial charge on any atom is -0.497 e. The first kappa shape index (κ1) is 24.7. The molecule has 1 aromatic heterocycles. The number of sulfonamides is 1. The molecule has 1 N–H and O–H groups in total. The van der Waals surface area contributed by atoms with Gasteiger partial charge < -0.3 is 14.8 Å². The Kier molecular flexibility index (Phi) is 7.59. The fraction of sp³-hybridized carbons (Fsp3) is 0.500. The standard InChI is InChI=1S/C24H30N2O6S2/c1-3-32-24(28)21-19-8-4-5-9-20(19)33-23(21)25-22(27)16-7-6-14-26(15-16)34(29,30)18-12-10-17(31-2)11-13-18/h10-13,16H,3-9,14-15H2,1-2H3,(H,25,27)/t16-/m0/s1. The molecule has 2 aliphatic rings. The van der Waals surface area contributed by atoms with Gasteiger partial charge in [0.2, 0.25) is 15.9 Å². The van der Waals surface area contributed by atoms with Crippen LogP contribution in [0.1, 0.15) is 53.4 Å². The molecule has 0 saturated carbocycles. The van der Waals surface area contributed by atoms with E-state index in [-0.39, 0.29) is 24.0 Å². The third-order valence-corrected chi connectivity index (χ3v) is 9.43. The highest BCUT2D eigenvalue weighted by molar-refractivity contribution is 7.89. The van der Waals surface area contributed by atoms with Crippen LogP contribution < -0.4 is 10.1 Å². The number of hydrogen-bond acceptors (Lipinski definition) is 7. The summed E-state index contributed by atoms with van der Waals surface area (Å²) in [5, 5.41) is 3.46. The van der Waals surface area contributed by atoms with Gasteiger partial charge in [0.1, 0.15) is 10.8 Å². The third-order valence-electron chi connectivity index (χ3n) is 6.34. The lowest BCUT2D eigenvalue weighted by atomic mass is 9.95. The SMILES string of the molecule is CCOC(=O)c1c(NC(=O)[C@H]2CCCN(S(=O)(=O)c3ccc(OC)cc3)C2)sc2c1CCCC2. The molecule has 1 aromatic carbocycles. The van der Waals surface area contributed by atoms with Gasteiger partial charge in [-0.25, -0.2) is 13.2 Å². The summed E-state index contributed by atoms with van der Waals surface area (Å²) < 4.78 is 38.1. The van der Waals surface area contributed by atoms with E-state index in [0.717, 1.165) is 36.1 Å². The van der Waals surface area contributed by atoms with Crippen molar-refractivity contribution in [3.8, 4) is 5.75 Å². The molecule has 0 spiro atoms. The molecule has 0 bridgehead atoms. The van der Waals surface area contributed by atoms with Crippen LogP contribution in [0.25, 0.3) is 0 Å². The van der Waals surface area contributed by atoms with Gasteiger partial charge in [-0.05, 0) is 75.3 Å². The van der Waals surface area contributed by atoms with Gasteiger partial charge in [-0.1, -0.05) is 0 Å². The van der Waals surface area contributed by atoms with Crippen molar-refractivity contribution in [2.24, 2.45) is 5.92 Å². The monoisotopic (exact) mass is 506 g/mol. The van der Waals surface area contributed by atoms with Gasteiger partial charge in [-0.3, -0.25) is 4.79 Å². The lowest BCUT2D eigenvalue weighted by molar-refractivity contribution is -0.120. The van der Waals surface area contributed by atoms with E-state index in [0.29, 0.717) is 35.7 Å². The van der Waals surface area contributed by atoms with Crippen LogP contribution in [0.2, 0.25) is 0 Å². The van der Waals surface area contributed by atoms with Crippen molar-refractivity contribution in [1.82, 2.24) is 4.31 Å². The number of fused-ring (bicyclic) bond motifs is 1. The van der Waals surface area contributed by atoms with Crippen LogP contribution in [0, 0.1) is 5.92 Å². The second-order valence-corrected chi connectivity index (χ2v) is 11.5. The van der Waals surface area contributed by atoms with E-state index < -0.39 is 21.9 Å². The number of esters is 1. The number of benzene rings is 1. The number of thiophene rings is 1. The topological polar surface area (TPSA) is 102 Å².